The average molecular weight is 262 g/mol. The Balaban J connectivity index is 1.91. The largest absolute Gasteiger partial charge is 0.498 e. The van der Waals surface area contributed by atoms with Crippen LogP contribution in [0.2, 0.25) is 0 Å². The molecule has 1 aromatic carbocycles. The smallest absolute Gasteiger partial charge is 0.125 e. The van der Waals surface area contributed by atoms with Crippen molar-refractivity contribution in [3.63, 3.8) is 0 Å². The number of hydrogen-bond donors (Lipinski definition) is 0. The molecule has 0 amide bonds. The fourth-order valence-corrected chi connectivity index (χ4v) is 2.09. The van der Waals surface area contributed by atoms with Crippen LogP contribution in [-0.4, -0.2) is 32.0 Å². The minimum absolute atomic E-state index is 0.286. The number of hydrogen-bond acceptors (Lipinski definition) is 3. The molecule has 2 rings (SSSR count). The normalized spacial score (nSPS) is 24.2. The molecule has 19 heavy (non-hydrogen) atoms. The van der Waals surface area contributed by atoms with Crippen LogP contribution in [0.5, 0.6) is 0 Å². The number of benzene rings is 1. The quantitative estimate of drug-likeness (QED) is 0.762. The second-order valence-corrected chi connectivity index (χ2v) is 4.92. The van der Waals surface area contributed by atoms with Crippen LogP contribution in [-0.2, 0) is 14.2 Å². The highest BCUT2D eigenvalue weighted by atomic mass is 16.6. The molecule has 0 aromatic heterocycles. The summed E-state index contributed by atoms with van der Waals surface area (Å²) < 4.78 is 17.0. The summed E-state index contributed by atoms with van der Waals surface area (Å²) in [4.78, 5) is 0. The van der Waals surface area contributed by atoms with Gasteiger partial charge in [0, 0.05) is 0 Å². The molecule has 1 aliphatic rings. The molecular weight excluding hydrogens is 240 g/mol. The van der Waals surface area contributed by atoms with E-state index in [1.807, 2.05) is 31.4 Å². The van der Waals surface area contributed by atoms with Crippen molar-refractivity contribution in [2.75, 3.05) is 26.4 Å². The third-order valence-electron chi connectivity index (χ3n) is 3.48. The summed E-state index contributed by atoms with van der Waals surface area (Å²) in [6.45, 7) is 6.63. The van der Waals surface area contributed by atoms with E-state index in [0.717, 1.165) is 12.0 Å². The van der Waals surface area contributed by atoms with Gasteiger partial charge in [-0.05, 0) is 24.5 Å². The van der Waals surface area contributed by atoms with Crippen LogP contribution in [0, 0.1) is 0 Å². The van der Waals surface area contributed by atoms with Crippen molar-refractivity contribution >= 4 is 5.57 Å². The van der Waals surface area contributed by atoms with E-state index < -0.39 is 0 Å². The SMILES string of the molecule is CCC1(CO/C=C(/C)c2ccccc2)COCCO1. The second-order valence-electron chi connectivity index (χ2n) is 4.92. The molecule has 3 nitrogen and oxygen atoms in total. The van der Waals surface area contributed by atoms with Gasteiger partial charge in [-0.1, -0.05) is 37.3 Å². The van der Waals surface area contributed by atoms with Crippen molar-refractivity contribution in [3.05, 3.63) is 42.2 Å². The molecule has 1 aromatic rings. The number of allylic oxidation sites excluding steroid dienone is 1. The Kier molecular flexibility index (Phi) is 5.00. The molecule has 0 N–H and O–H groups in total. The van der Waals surface area contributed by atoms with E-state index in [2.05, 4.69) is 19.1 Å². The summed E-state index contributed by atoms with van der Waals surface area (Å²) in [6.07, 6.45) is 2.70. The molecular formula is C16H22O3. The molecule has 1 unspecified atom stereocenters. The van der Waals surface area contributed by atoms with Crippen LogP contribution < -0.4 is 0 Å². The molecule has 1 saturated heterocycles. The topological polar surface area (TPSA) is 27.7 Å². The highest BCUT2D eigenvalue weighted by molar-refractivity contribution is 5.62. The molecule has 1 fully saturated rings. The van der Waals surface area contributed by atoms with Gasteiger partial charge < -0.3 is 14.2 Å². The van der Waals surface area contributed by atoms with Gasteiger partial charge in [0.25, 0.3) is 0 Å². The predicted octanol–water partition coefficient (Wildman–Crippen LogP) is 3.26. The summed E-state index contributed by atoms with van der Waals surface area (Å²) in [5.41, 5.74) is 2.00. The Morgan fingerprint density at radius 2 is 2.11 bits per heavy atom. The van der Waals surface area contributed by atoms with E-state index in [0.29, 0.717) is 26.4 Å². The second kappa shape index (κ2) is 6.73. The van der Waals surface area contributed by atoms with Gasteiger partial charge in [0.2, 0.25) is 0 Å². The fraction of sp³-hybridized carbons (Fsp3) is 0.500. The van der Waals surface area contributed by atoms with Crippen molar-refractivity contribution in [1.82, 2.24) is 0 Å². The van der Waals surface area contributed by atoms with Crippen molar-refractivity contribution in [3.8, 4) is 0 Å². The lowest BCUT2D eigenvalue weighted by Crippen LogP contribution is -2.46. The van der Waals surface area contributed by atoms with Crippen molar-refractivity contribution < 1.29 is 14.2 Å². The van der Waals surface area contributed by atoms with Crippen LogP contribution in [0.3, 0.4) is 0 Å². The van der Waals surface area contributed by atoms with Gasteiger partial charge in [-0.15, -0.1) is 0 Å². The van der Waals surface area contributed by atoms with Crippen molar-refractivity contribution in [1.29, 1.82) is 0 Å². The van der Waals surface area contributed by atoms with Crippen LogP contribution in [0.15, 0.2) is 36.6 Å². The van der Waals surface area contributed by atoms with Gasteiger partial charge in [0.05, 0.1) is 26.1 Å². The lowest BCUT2D eigenvalue weighted by molar-refractivity contribution is -0.176. The Hall–Kier alpha value is -1.32. The summed E-state index contributed by atoms with van der Waals surface area (Å²) >= 11 is 0. The lowest BCUT2D eigenvalue weighted by atomic mass is 10.0. The molecule has 104 valence electrons. The van der Waals surface area contributed by atoms with Crippen LogP contribution >= 0.6 is 0 Å². The summed E-state index contributed by atoms with van der Waals surface area (Å²) in [6, 6.07) is 10.2. The zero-order valence-electron chi connectivity index (χ0n) is 11.7. The zero-order chi connectivity index (χ0) is 13.6. The van der Waals surface area contributed by atoms with Gasteiger partial charge >= 0.3 is 0 Å². The first-order valence-electron chi connectivity index (χ1n) is 6.81. The van der Waals surface area contributed by atoms with Gasteiger partial charge in [-0.3, -0.25) is 0 Å². The first kappa shape index (κ1) is 14.1. The fourth-order valence-electron chi connectivity index (χ4n) is 2.09. The molecule has 0 radical (unpaired) electrons. The molecule has 3 heteroatoms. The first-order valence-corrected chi connectivity index (χ1v) is 6.81. The average Bonchev–Trinajstić information content (AvgIpc) is 2.49. The predicted molar refractivity (Wildman–Crippen MR) is 75.8 cm³/mol. The van der Waals surface area contributed by atoms with Gasteiger partial charge in [-0.2, -0.15) is 0 Å². The molecule has 0 bridgehead atoms. The Bertz CT molecular complexity index is 405. The molecule has 1 heterocycles. The maximum Gasteiger partial charge on any atom is 0.125 e. The minimum atomic E-state index is -0.286. The third kappa shape index (κ3) is 3.82. The van der Waals surface area contributed by atoms with E-state index >= 15 is 0 Å². The first-order chi connectivity index (χ1) is 9.26. The van der Waals surface area contributed by atoms with E-state index in [9.17, 15) is 0 Å². The monoisotopic (exact) mass is 262 g/mol. The summed E-state index contributed by atoms with van der Waals surface area (Å²) in [7, 11) is 0. The van der Waals surface area contributed by atoms with Crippen LogP contribution in [0.1, 0.15) is 25.8 Å². The van der Waals surface area contributed by atoms with E-state index in [4.69, 9.17) is 14.2 Å². The maximum absolute atomic E-state index is 5.82. The highest BCUT2D eigenvalue weighted by Gasteiger charge is 2.33. The van der Waals surface area contributed by atoms with Gasteiger partial charge in [0.1, 0.15) is 12.2 Å². The van der Waals surface area contributed by atoms with E-state index in [1.165, 1.54) is 5.56 Å². The summed E-state index contributed by atoms with van der Waals surface area (Å²) in [5, 5.41) is 0. The van der Waals surface area contributed by atoms with Crippen molar-refractivity contribution in [2.24, 2.45) is 0 Å². The van der Waals surface area contributed by atoms with E-state index in [-0.39, 0.29) is 5.60 Å². The maximum atomic E-state index is 5.82. The minimum Gasteiger partial charge on any atom is -0.498 e. The number of rotatable bonds is 5. The van der Waals surface area contributed by atoms with Gasteiger partial charge in [0.15, 0.2) is 0 Å². The highest BCUT2D eigenvalue weighted by Crippen LogP contribution is 2.21. The lowest BCUT2D eigenvalue weighted by Gasteiger charge is -2.35. The number of ether oxygens (including phenoxy) is 3. The Morgan fingerprint density at radius 3 is 2.74 bits per heavy atom. The summed E-state index contributed by atoms with van der Waals surface area (Å²) in [5.74, 6) is 0. The van der Waals surface area contributed by atoms with Crippen molar-refractivity contribution in [2.45, 2.75) is 25.9 Å². The third-order valence-corrected chi connectivity index (χ3v) is 3.48. The standard InChI is InChI=1S/C16H22O3/c1-3-16(12-17-9-10-19-16)13-18-11-14(2)15-7-5-4-6-8-15/h4-8,11H,3,9-10,12-13H2,1-2H3/b14-11-. The van der Waals surface area contributed by atoms with Gasteiger partial charge in [-0.25, -0.2) is 0 Å². The van der Waals surface area contributed by atoms with Crippen LogP contribution in [0.25, 0.3) is 5.57 Å². The molecule has 0 aliphatic carbocycles. The molecule has 1 atom stereocenters. The Labute approximate surface area is 115 Å². The molecule has 0 spiro atoms. The Morgan fingerprint density at radius 1 is 1.32 bits per heavy atom. The van der Waals surface area contributed by atoms with Crippen LogP contribution in [0.4, 0.5) is 0 Å². The van der Waals surface area contributed by atoms with E-state index in [1.54, 1.807) is 0 Å². The zero-order valence-corrected chi connectivity index (χ0v) is 11.7. The molecule has 0 saturated carbocycles. The molecule has 1 aliphatic heterocycles.